The largest absolute Gasteiger partial charge is 0.482 e. The second-order valence-corrected chi connectivity index (χ2v) is 5.85. The molecule has 1 aliphatic heterocycles. The first-order valence-corrected chi connectivity index (χ1v) is 7.97. The van der Waals surface area contributed by atoms with Crippen molar-refractivity contribution in [3.63, 3.8) is 0 Å². The molecule has 0 aromatic heterocycles. The van der Waals surface area contributed by atoms with Crippen LogP contribution >= 0.6 is 0 Å². The van der Waals surface area contributed by atoms with E-state index in [1.807, 2.05) is 36.4 Å². The molecule has 0 aliphatic carbocycles. The summed E-state index contributed by atoms with van der Waals surface area (Å²) in [6.07, 6.45) is 3.33. The van der Waals surface area contributed by atoms with Gasteiger partial charge in [0.15, 0.2) is 12.4 Å². The van der Waals surface area contributed by atoms with Crippen LogP contribution in [0.2, 0.25) is 0 Å². The number of amides is 1. The van der Waals surface area contributed by atoms with Gasteiger partial charge in [-0.1, -0.05) is 42.5 Å². The molecule has 3 aromatic carbocycles. The number of carbonyl (C=O) groups is 2. The predicted molar refractivity (Wildman–Crippen MR) is 97.9 cm³/mol. The maximum absolute atomic E-state index is 12.4. The minimum atomic E-state index is -0.219. The summed E-state index contributed by atoms with van der Waals surface area (Å²) in [6.45, 7) is 0.00214. The summed E-state index contributed by atoms with van der Waals surface area (Å²) in [5.74, 6) is 0.231. The monoisotopic (exact) mass is 329 g/mol. The minimum absolute atomic E-state index is 0.00214. The molecule has 1 N–H and O–H groups in total. The maximum atomic E-state index is 12.4. The molecule has 4 rings (SSSR count). The lowest BCUT2D eigenvalue weighted by Gasteiger charge is -2.17. The average molecular weight is 329 g/mol. The van der Waals surface area contributed by atoms with Gasteiger partial charge in [0.2, 0.25) is 0 Å². The molecule has 0 spiro atoms. The van der Waals surface area contributed by atoms with Crippen molar-refractivity contribution in [2.24, 2.45) is 0 Å². The standard InChI is InChI=1S/C21H15NO3/c23-19(17-8-10-20-18(12-17)22-21(24)13-25-20)9-6-14-5-7-15-3-1-2-4-16(15)11-14/h1-12H,13H2,(H,22,24)/b9-6+. The van der Waals surface area contributed by atoms with Gasteiger partial charge in [-0.05, 0) is 46.7 Å². The van der Waals surface area contributed by atoms with Crippen LogP contribution in [0.3, 0.4) is 0 Å². The Kier molecular flexibility index (Phi) is 3.78. The number of ketones is 1. The Bertz CT molecular complexity index is 1020. The van der Waals surface area contributed by atoms with E-state index >= 15 is 0 Å². The molecule has 1 amide bonds. The highest BCUT2D eigenvalue weighted by molar-refractivity contribution is 6.08. The summed E-state index contributed by atoms with van der Waals surface area (Å²) >= 11 is 0. The van der Waals surface area contributed by atoms with Gasteiger partial charge in [0.05, 0.1) is 5.69 Å². The summed E-state index contributed by atoms with van der Waals surface area (Å²) in [6, 6.07) is 19.2. The topological polar surface area (TPSA) is 55.4 Å². The highest BCUT2D eigenvalue weighted by atomic mass is 16.5. The molecule has 0 radical (unpaired) electrons. The van der Waals surface area contributed by atoms with Crippen molar-refractivity contribution in [3.8, 4) is 5.75 Å². The lowest BCUT2D eigenvalue weighted by molar-refractivity contribution is -0.118. The minimum Gasteiger partial charge on any atom is -0.482 e. The fourth-order valence-corrected chi connectivity index (χ4v) is 2.82. The molecule has 25 heavy (non-hydrogen) atoms. The molecule has 0 bridgehead atoms. The molecule has 122 valence electrons. The third kappa shape index (κ3) is 3.15. The summed E-state index contributed by atoms with van der Waals surface area (Å²) in [5, 5.41) is 5.00. The van der Waals surface area contributed by atoms with Gasteiger partial charge >= 0.3 is 0 Å². The third-order valence-corrected chi connectivity index (χ3v) is 4.10. The first kappa shape index (κ1) is 15.1. The average Bonchev–Trinajstić information content (AvgIpc) is 2.65. The maximum Gasteiger partial charge on any atom is 0.262 e. The highest BCUT2D eigenvalue weighted by Crippen LogP contribution is 2.28. The van der Waals surface area contributed by atoms with Gasteiger partial charge in [-0.15, -0.1) is 0 Å². The molecule has 1 heterocycles. The van der Waals surface area contributed by atoms with Gasteiger partial charge in [-0.2, -0.15) is 0 Å². The van der Waals surface area contributed by atoms with E-state index in [4.69, 9.17) is 4.74 Å². The number of hydrogen-bond acceptors (Lipinski definition) is 3. The number of fused-ring (bicyclic) bond motifs is 2. The molecule has 4 heteroatoms. The van der Waals surface area contributed by atoms with Crippen molar-refractivity contribution in [2.75, 3.05) is 11.9 Å². The summed E-state index contributed by atoms with van der Waals surface area (Å²) in [5.41, 5.74) is 1.99. The number of rotatable bonds is 3. The molecule has 4 nitrogen and oxygen atoms in total. The van der Waals surface area contributed by atoms with Crippen molar-refractivity contribution in [3.05, 3.63) is 77.9 Å². The Morgan fingerprint density at radius 2 is 1.84 bits per heavy atom. The molecule has 0 saturated carbocycles. The van der Waals surface area contributed by atoms with Gasteiger partial charge in [0.25, 0.3) is 5.91 Å². The van der Waals surface area contributed by atoms with E-state index in [1.54, 1.807) is 24.3 Å². The van der Waals surface area contributed by atoms with E-state index < -0.39 is 0 Å². The van der Waals surface area contributed by atoms with Crippen LogP contribution < -0.4 is 10.1 Å². The smallest absolute Gasteiger partial charge is 0.262 e. The second-order valence-electron chi connectivity index (χ2n) is 5.85. The normalized spacial score (nSPS) is 13.4. The SMILES string of the molecule is O=C1COc2ccc(C(=O)/C=C/c3ccc4ccccc4c3)cc2N1. The predicted octanol–water partition coefficient (Wildman–Crippen LogP) is 4.07. The van der Waals surface area contributed by atoms with Gasteiger partial charge in [-0.3, -0.25) is 9.59 Å². The Labute approximate surface area is 144 Å². The molecule has 3 aromatic rings. The van der Waals surface area contributed by atoms with E-state index in [9.17, 15) is 9.59 Å². The van der Waals surface area contributed by atoms with Crippen molar-refractivity contribution in [2.45, 2.75) is 0 Å². The van der Waals surface area contributed by atoms with Crippen LogP contribution in [0.4, 0.5) is 5.69 Å². The fraction of sp³-hybridized carbons (Fsp3) is 0.0476. The third-order valence-electron chi connectivity index (χ3n) is 4.10. The molecular formula is C21H15NO3. The second kappa shape index (κ2) is 6.24. The quantitative estimate of drug-likeness (QED) is 0.582. The number of hydrogen-bond donors (Lipinski definition) is 1. The lowest BCUT2D eigenvalue weighted by atomic mass is 10.0. The zero-order valence-electron chi connectivity index (χ0n) is 13.4. The van der Waals surface area contributed by atoms with Crippen LogP contribution in [0.25, 0.3) is 16.8 Å². The summed E-state index contributed by atoms with van der Waals surface area (Å²) < 4.78 is 5.30. The molecule has 1 aliphatic rings. The first-order valence-electron chi connectivity index (χ1n) is 7.97. The van der Waals surface area contributed by atoms with E-state index in [1.165, 1.54) is 6.08 Å². The number of allylic oxidation sites excluding steroid dienone is 1. The summed E-state index contributed by atoms with van der Waals surface area (Å²) in [4.78, 5) is 23.8. The molecular weight excluding hydrogens is 314 g/mol. The number of anilines is 1. The van der Waals surface area contributed by atoms with Crippen LogP contribution in [-0.2, 0) is 4.79 Å². The molecule has 0 saturated heterocycles. The van der Waals surface area contributed by atoms with Crippen molar-refractivity contribution < 1.29 is 14.3 Å². The Morgan fingerprint density at radius 1 is 1.00 bits per heavy atom. The zero-order valence-corrected chi connectivity index (χ0v) is 13.4. The summed E-state index contributed by atoms with van der Waals surface area (Å²) in [7, 11) is 0. The molecule has 0 atom stereocenters. The number of carbonyl (C=O) groups excluding carboxylic acids is 2. The van der Waals surface area contributed by atoms with Gasteiger partial charge < -0.3 is 10.1 Å². The fourth-order valence-electron chi connectivity index (χ4n) is 2.82. The van der Waals surface area contributed by atoms with Gasteiger partial charge in [-0.25, -0.2) is 0 Å². The lowest BCUT2D eigenvalue weighted by Crippen LogP contribution is -2.25. The molecule has 0 fully saturated rings. The zero-order chi connectivity index (χ0) is 17.2. The molecule has 0 unspecified atom stereocenters. The number of benzene rings is 3. The number of nitrogens with one attached hydrogen (secondary N) is 1. The van der Waals surface area contributed by atoms with Crippen molar-refractivity contribution in [1.29, 1.82) is 0 Å². The van der Waals surface area contributed by atoms with E-state index in [0.717, 1.165) is 16.3 Å². The van der Waals surface area contributed by atoms with Crippen LogP contribution in [-0.4, -0.2) is 18.3 Å². The van der Waals surface area contributed by atoms with Crippen LogP contribution in [0.5, 0.6) is 5.75 Å². The van der Waals surface area contributed by atoms with Crippen LogP contribution in [0.1, 0.15) is 15.9 Å². The number of ether oxygens (including phenoxy) is 1. The van der Waals surface area contributed by atoms with Gasteiger partial charge in [0, 0.05) is 5.56 Å². The van der Waals surface area contributed by atoms with E-state index in [2.05, 4.69) is 11.4 Å². The van der Waals surface area contributed by atoms with Crippen LogP contribution in [0, 0.1) is 0 Å². The Morgan fingerprint density at radius 3 is 2.72 bits per heavy atom. The van der Waals surface area contributed by atoms with Crippen molar-refractivity contribution in [1.82, 2.24) is 0 Å². The van der Waals surface area contributed by atoms with Gasteiger partial charge in [0.1, 0.15) is 5.75 Å². The van der Waals surface area contributed by atoms with E-state index in [0.29, 0.717) is 17.0 Å². The highest BCUT2D eigenvalue weighted by Gasteiger charge is 2.17. The van der Waals surface area contributed by atoms with Crippen LogP contribution in [0.15, 0.2) is 66.7 Å². The van der Waals surface area contributed by atoms with Crippen molar-refractivity contribution >= 4 is 34.2 Å². The Hall–Kier alpha value is -3.40. The first-order chi connectivity index (χ1) is 12.2. The Balaban J connectivity index is 1.57. The van der Waals surface area contributed by atoms with E-state index in [-0.39, 0.29) is 18.3 Å².